The maximum Gasteiger partial charge on any atom is 0.245 e. The molecule has 1 atom stereocenters. The average molecular weight is 283 g/mol. The number of aryl methyl sites for hydroxylation is 1. The van der Waals surface area contributed by atoms with Crippen LogP contribution in [0.15, 0.2) is 42.5 Å². The number of nitriles is 1. The molecule has 0 aromatic heterocycles. The molecule has 0 heterocycles. The lowest BCUT2D eigenvalue weighted by atomic mass is 10.0. The summed E-state index contributed by atoms with van der Waals surface area (Å²) in [6, 6.07) is 11.8. The topological polar surface area (TPSA) is 78.9 Å². The molecular formula is C16H14FN3O. The van der Waals surface area contributed by atoms with Gasteiger partial charge in [-0.15, -0.1) is 0 Å². The second kappa shape index (κ2) is 6.16. The van der Waals surface area contributed by atoms with E-state index in [-0.39, 0.29) is 11.3 Å². The fourth-order valence-electron chi connectivity index (χ4n) is 1.85. The Bertz CT molecular complexity index is 704. The maximum atomic E-state index is 13.0. The van der Waals surface area contributed by atoms with E-state index in [2.05, 4.69) is 5.32 Å². The van der Waals surface area contributed by atoms with Crippen LogP contribution in [0.25, 0.3) is 0 Å². The third kappa shape index (κ3) is 3.44. The Kier molecular flexibility index (Phi) is 4.31. The van der Waals surface area contributed by atoms with E-state index in [9.17, 15) is 9.18 Å². The molecule has 0 saturated carbocycles. The molecule has 0 aliphatic rings. The van der Waals surface area contributed by atoms with Crippen LogP contribution >= 0.6 is 0 Å². The molecule has 2 aromatic rings. The summed E-state index contributed by atoms with van der Waals surface area (Å²) < 4.78 is 13.0. The molecule has 0 spiro atoms. The summed E-state index contributed by atoms with van der Waals surface area (Å²) in [5.74, 6) is -0.991. The Labute approximate surface area is 122 Å². The second-order valence-corrected chi connectivity index (χ2v) is 4.68. The van der Waals surface area contributed by atoms with Crippen LogP contribution in [0.5, 0.6) is 0 Å². The van der Waals surface area contributed by atoms with Gasteiger partial charge in [0, 0.05) is 0 Å². The van der Waals surface area contributed by atoms with E-state index >= 15 is 0 Å². The minimum absolute atomic E-state index is 0.0551. The number of hydrogen-bond donors (Lipinski definition) is 2. The van der Waals surface area contributed by atoms with Crippen LogP contribution in [0.3, 0.4) is 0 Å². The molecule has 106 valence electrons. The van der Waals surface area contributed by atoms with E-state index in [1.165, 1.54) is 12.1 Å². The summed E-state index contributed by atoms with van der Waals surface area (Å²) in [5.41, 5.74) is 7.92. The standard InChI is InChI=1S/C16H14FN3O/c1-10-2-4-11(5-3-10)15(19)16(21)20-14-7-6-13(17)8-12(14)9-18/h2-8,15H,19H2,1H3,(H,20,21). The molecule has 0 bridgehead atoms. The predicted octanol–water partition coefficient (Wildman–Crippen LogP) is 2.64. The molecule has 21 heavy (non-hydrogen) atoms. The van der Waals surface area contributed by atoms with Crippen LogP contribution in [0.1, 0.15) is 22.7 Å². The van der Waals surface area contributed by atoms with Gasteiger partial charge in [0.2, 0.25) is 5.91 Å². The van der Waals surface area contributed by atoms with Gasteiger partial charge < -0.3 is 11.1 Å². The molecule has 0 aliphatic carbocycles. The molecular weight excluding hydrogens is 269 g/mol. The van der Waals surface area contributed by atoms with Crippen molar-refractivity contribution in [3.8, 4) is 6.07 Å². The van der Waals surface area contributed by atoms with Crippen molar-refractivity contribution in [3.63, 3.8) is 0 Å². The van der Waals surface area contributed by atoms with Crippen molar-refractivity contribution in [1.29, 1.82) is 5.26 Å². The molecule has 1 amide bonds. The van der Waals surface area contributed by atoms with Crippen molar-refractivity contribution in [2.75, 3.05) is 5.32 Å². The number of nitrogens with zero attached hydrogens (tertiary/aromatic N) is 1. The minimum atomic E-state index is -0.859. The van der Waals surface area contributed by atoms with Crippen LogP contribution in [0.4, 0.5) is 10.1 Å². The van der Waals surface area contributed by atoms with Crippen molar-refractivity contribution >= 4 is 11.6 Å². The van der Waals surface area contributed by atoms with E-state index in [4.69, 9.17) is 11.0 Å². The van der Waals surface area contributed by atoms with E-state index in [0.29, 0.717) is 5.56 Å². The highest BCUT2D eigenvalue weighted by Gasteiger charge is 2.17. The smallest absolute Gasteiger partial charge is 0.245 e. The van der Waals surface area contributed by atoms with Crippen LogP contribution < -0.4 is 11.1 Å². The summed E-state index contributed by atoms with van der Waals surface area (Å²) in [4.78, 5) is 12.1. The molecule has 4 nitrogen and oxygen atoms in total. The number of carbonyl (C=O) groups is 1. The number of nitrogens with two attached hydrogens (primary N) is 1. The summed E-state index contributed by atoms with van der Waals surface area (Å²) in [6.45, 7) is 1.94. The van der Waals surface area contributed by atoms with Gasteiger partial charge in [0.25, 0.3) is 0 Å². The zero-order valence-corrected chi connectivity index (χ0v) is 11.4. The summed E-state index contributed by atoms with van der Waals surface area (Å²) in [6.07, 6.45) is 0. The fraction of sp³-hybridized carbons (Fsp3) is 0.125. The summed E-state index contributed by atoms with van der Waals surface area (Å²) in [5, 5.41) is 11.5. The zero-order valence-electron chi connectivity index (χ0n) is 11.4. The number of hydrogen-bond acceptors (Lipinski definition) is 3. The molecule has 0 saturated heterocycles. The van der Waals surface area contributed by atoms with Gasteiger partial charge in [0.1, 0.15) is 17.9 Å². The summed E-state index contributed by atoms with van der Waals surface area (Å²) >= 11 is 0. The number of nitrogens with one attached hydrogen (secondary N) is 1. The van der Waals surface area contributed by atoms with Crippen molar-refractivity contribution in [3.05, 3.63) is 65.0 Å². The molecule has 5 heteroatoms. The monoisotopic (exact) mass is 283 g/mol. The van der Waals surface area contributed by atoms with Crippen LogP contribution in [-0.2, 0) is 4.79 Å². The number of carbonyl (C=O) groups excluding carboxylic acids is 1. The first-order chi connectivity index (χ1) is 10.0. The van der Waals surface area contributed by atoms with Gasteiger partial charge in [-0.1, -0.05) is 29.8 Å². The Morgan fingerprint density at radius 1 is 1.29 bits per heavy atom. The predicted molar refractivity (Wildman–Crippen MR) is 77.9 cm³/mol. The van der Waals surface area contributed by atoms with Gasteiger partial charge in [-0.3, -0.25) is 4.79 Å². The molecule has 1 unspecified atom stereocenters. The Hall–Kier alpha value is -2.71. The number of benzene rings is 2. The van der Waals surface area contributed by atoms with E-state index in [0.717, 1.165) is 11.6 Å². The molecule has 3 N–H and O–H groups in total. The Morgan fingerprint density at radius 2 is 1.95 bits per heavy atom. The third-order valence-corrected chi connectivity index (χ3v) is 3.08. The van der Waals surface area contributed by atoms with Crippen molar-refractivity contribution in [2.45, 2.75) is 13.0 Å². The number of halogens is 1. The minimum Gasteiger partial charge on any atom is -0.323 e. The largest absolute Gasteiger partial charge is 0.323 e. The molecule has 0 aliphatic heterocycles. The van der Waals surface area contributed by atoms with Gasteiger partial charge in [-0.05, 0) is 30.7 Å². The lowest BCUT2D eigenvalue weighted by molar-refractivity contribution is -0.117. The lowest BCUT2D eigenvalue weighted by Crippen LogP contribution is -2.28. The highest BCUT2D eigenvalue weighted by molar-refractivity contribution is 5.96. The second-order valence-electron chi connectivity index (χ2n) is 4.68. The first kappa shape index (κ1) is 14.7. The Balaban J connectivity index is 2.18. The lowest BCUT2D eigenvalue weighted by Gasteiger charge is -2.13. The quantitative estimate of drug-likeness (QED) is 0.908. The SMILES string of the molecule is Cc1ccc(C(N)C(=O)Nc2ccc(F)cc2C#N)cc1. The third-order valence-electron chi connectivity index (χ3n) is 3.08. The normalized spacial score (nSPS) is 11.5. The van der Waals surface area contributed by atoms with Crippen LogP contribution in [0.2, 0.25) is 0 Å². The fourth-order valence-corrected chi connectivity index (χ4v) is 1.85. The maximum absolute atomic E-state index is 13.0. The molecule has 0 fully saturated rings. The van der Waals surface area contributed by atoms with Crippen molar-refractivity contribution in [1.82, 2.24) is 0 Å². The average Bonchev–Trinajstić information content (AvgIpc) is 2.49. The zero-order chi connectivity index (χ0) is 15.4. The van der Waals surface area contributed by atoms with Gasteiger partial charge in [-0.25, -0.2) is 4.39 Å². The number of amides is 1. The van der Waals surface area contributed by atoms with E-state index in [1.54, 1.807) is 12.1 Å². The molecule has 2 aromatic carbocycles. The highest BCUT2D eigenvalue weighted by atomic mass is 19.1. The number of anilines is 1. The molecule has 0 radical (unpaired) electrons. The first-order valence-corrected chi connectivity index (χ1v) is 6.34. The number of rotatable bonds is 3. The van der Waals surface area contributed by atoms with Crippen LogP contribution in [-0.4, -0.2) is 5.91 Å². The van der Waals surface area contributed by atoms with Gasteiger partial charge in [-0.2, -0.15) is 5.26 Å². The van der Waals surface area contributed by atoms with Crippen molar-refractivity contribution < 1.29 is 9.18 Å². The van der Waals surface area contributed by atoms with E-state index < -0.39 is 17.8 Å². The highest BCUT2D eigenvalue weighted by Crippen LogP contribution is 2.19. The van der Waals surface area contributed by atoms with Gasteiger partial charge >= 0.3 is 0 Å². The summed E-state index contributed by atoms with van der Waals surface area (Å²) in [7, 11) is 0. The Morgan fingerprint density at radius 3 is 2.57 bits per heavy atom. The molecule has 2 rings (SSSR count). The first-order valence-electron chi connectivity index (χ1n) is 6.34. The van der Waals surface area contributed by atoms with Crippen LogP contribution in [0, 0.1) is 24.1 Å². The van der Waals surface area contributed by atoms with Crippen molar-refractivity contribution in [2.24, 2.45) is 5.73 Å². The van der Waals surface area contributed by atoms with Gasteiger partial charge in [0.05, 0.1) is 11.3 Å². The van der Waals surface area contributed by atoms with Gasteiger partial charge in [0.15, 0.2) is 0 Å². The van der Waals surface area contributed by atoms with E-state index in [1.807, 2.05) is 25.1 Å².